The van der Waals surface area contributed by atoms with Gasteiger partial charge in [0.25, 0.3) is 0 Å². The van der Waals surface area contributed by atoms with Crippen LogP contribution in [-0.2, 0) is 16.6 Å². The minimum absolute atomic E-state index is 0.0666. The van der Waals surface area contributed by atoms with Crippen LogP contribution >= 0.6 is 0 Å². The topological polar surface area (TPSA) is 67.5 Å². The van der Waals surface area contributed by atoms with Crippen LogP contribution in [0.15, 0.2) is 45.9 Å². The lowest BCUT2D eigenvalue weighted by molar-refractivity contribution is 0.0695. The van der Waals surface area contributed by atoms with Gasteiger partial charge in [0.05, 0.1) is 22.8 Å². The van der Waals surface area contributed by atoms with Gasteiger partial charge in [-0.05, 0) is 24.6 Å². The molecule has 0 aliphatic rings. The highest BCUT2D eigenvalue weighted by atomic mass is 32.2. The highest BCUT2D eigenvalue weighted by molar-refractivity contribution is 7.84. The molecule has 0 amide bonds. The Morgan fingerprint density at radius 3 is 2.72 bits per heavy atom. The number of carboxylic acids is 1. The molecule has 0 saturated heterocycles. The molecule has 0 spiro atoms. The summed E-state index contributed by atoms with van der Waals surface area (Å²) in [7, 11) is -1.31. The number of hydrogen-bond acceptors (Lipinski definition) is 3. The lowest BCUT2D eigenvalue weighted by atomic mass is 10.2. The molecule has 1 N–H and O–H groups in total. The molecule has 1 unspecified atom stereocenters. The zero-order valence-electron chi connectivity index (χ0n) is 9.75. The van der Waals surface area contributed by atoms with Gasteiger partial charge in [0.2, 0.25) is 0 Å². The van der Waals surface area contributed by atoms with Crippen molar-refractivity contribution in [2.45, 2.75) is 17.6 Å². The lowest BCUT2D eigenvalue weighted by Crippen LogP contribution is -2.03. The Kier molecular flexibility index (Phi) is 3.62. The zero-order chi connectivity index (χ0) is 13.1. The van der Waals surface area contributed by atoms with Crippen molar-refractivity contribution in [1.29, 1.82) is 0 Å². The van der Waals surface area contributed by atoms with Crippen molar-refractivity contribution in [1.82, 2.24) is 0 Å². The SMILES string of the molecule is Cc1ccccc1S(=O)Cc1occc1C(=O)O. The van der Waals surface area contributed by atoms with Gasteiger partial charge in [-0.15, -0.1) is 0 Å². The molecule has 0 bridgehead atoms. The number of carbonyl (C=O) groups is 1. The summed E-state index contributed by atoms with van der Waals surface area (Å²) in [6, 6.07) is 8.68. The summed E-state index contributed by atoms with van der Waals surface area (Å²) < 4.78 is 17.2. The van der Waals surface area contributed by atoms with E-state index in [9.17, 15) is 9.00 Å². The van der Waals surface area contributed by atoms with E-state index in [1.54, 1.807) is 12.1 Å². The molecule has 0 radical (unpaired) electrons. The second-order valence-corrected chi connectivity index (χ2v) is 5.24. The van der Waals surface area contributed by atoms with E-state index in [4.69, 9.17) is 9.52 Å². The van der Waals surface area contributed by atoms with Crippen molar-refractivity contribution >= 4 is 16.8 Å². The molecule has 18 heavy (non-hydrogen) atoms. The molecular formula is C13H12O4S. The average molecular weight is 264 g/mol. The third kappa shape index (κ3) is 2.51. The van der Waals surface area contributed by atoms with Gasteiger partial charge in [-0.3, -0.25) is 4.21 Å². The summed E-state index contributed by atoms with van der Waals surface area (Å²) in [5.74, 6) is -0.760. The first-order valence-corrected chi connectivity index (χ1v) is 6.65. The molecule has 4 nitrogen and oxygen atoms in total. The lowest BCUT2D eigenvalue weighted by Gasteiger charge is -2.04. The molecule has 5 heteroatoms. The number of hydrogen-bond donors (Lipinski definition) is 1. The maximum Gasteiger partial charge on any atom is 0.339 e. The van der Waals surface area contributed by atoms with E-state index < -0.39 is 16.8 Å². The molecular weight excluding hydrogens is 252 g/mol. The van der Waals surface area contributed by atoms with Crippen molar-refractivity contribution in [3.63, 3.8) is 0 Å². The number of benzene rings is 1. The van der Waals surface area contributed by atoms with Crippen LogP contribution in [0.2, 0.25) is 0 Å². The first-order valence-electron chi connectivity index (χ1n) is 5.33. The van der Waals surface area contributed by atoms with Crippen molar-refractivity contribution in [3.05, 3.63) is 53.5 Å². The largest absolute Gasteiger partial charge is 0.478 e. The van der Waals surface area contributed by atoms with Crippen molar-refractivity contribution in [3.8, 4) is 0 Å². The fraction of sp³-hybridized carbons (Fsp3) is 0.154. The molecule has 1 atom stereocenters. The maximum atomic E-state index is 12.2. The summed E-state index contributed by atoms with van der Waals surface area (Å²) in [4.78, 5) is 11.6. The Morgan fingerprint density at radius 1 is 1.33 bits per heavy atom. The number of rotatable bonds is 4. The fourth-order valence-corrected chi connectivity index (χ4v) is 2.93. The number of aromatic carboxylic acids is 1. The van der Waals surface area contributed by atoms with Crippen LogP contribution < -0.4 is 0 Å². The average Bonchev–Trinajstić information content (AvgIpc) is 2.77. The zero-order valence-corrected chi connectivity index (χ0v) is 10.6. The summed E-state index contributed by atoms with van der Waals surface area (Å²) in [5.41, 5.74) is 0.983. The van der Waals surface area contributed by atoms with Crippen molar-refractivity contribution in [2.75, 3.05) is 0 Å². The van der Waals surface area contributed by atoms with Crippen LogP contribution in [-0.4, -0.2) is 15.3 Å². The van der Waals surface area contributed by atoms with Crippen LogP contribution in [0.1, 0.15) is 21.7 Å². The van der Waals surface area contributed by atoms with Gasteiger partial charge in [-0.1, -0.05) is 18.2 Å². The Hall–Kier alpha value is -1.88. The summed E-state index contributed by atoms with van der Waals surface area (Å²) in [5, 5.41) is 8.93. The predicted octanol–water partition coefficient (Wildman–Crippen LogP) is 2.59. The first-order chi connectivity index (χ1) is 8.59. The molecule has 1 heterocycles. The van der Waals surface area contributed by atoms with Gasteiger partial charge < -0.3 is 9.52 Å². The minimum Gasteiger partial charge on any atom is -0.478 e. The number of aryl methyl sites for hydroxylation is 1. The highest BCUT2D eigenvalue weighted by Crippen LogP contribution is 2.19. The number of carboxylic acid groups (broad SMARTS) is 1. The number of furan rings is 1. The van der Waals surface area contributed by atoms with Crippen molar-refractivity contribution in [2.24, 2.45) is 0 Å². The van der Waals surface area contributed by atoms with Crippen molar-refractivity contribution < 1.29 is 18.5 Å². The molecule has 1 aromatic carbocycles. The summed E-state index contributed by atoms with van der Waals surface area (Å²) >= 11 is 0. The second kappa shape index (κ2) is 5.18. The molecule has 1 aromatic heterocycles. The smallest absolute Gasteiger partial charge is 0.339 e. The standard InChI is InChI=1S/C13H12O4S/c1-9-4-2-3-5-12(9)18(16)8-11-10(13(14)15)6-7-17-11/h2-7H,8H2,1H3,(H,14,15). The van der Waals surface area contributed by atoms with E-state index in [1.165, 1.54) is 12.3 Å². The Morgan fingerprint density at radius 2 is 2.06 bits per heavy atom. The quantitative estimate of drug-likeness (QED) is 0.921. The Bertz CT molecular complexity index is 601. The summed E-state index contributed by atoms with van der Waals surface area (Å²) in [6.07, 6.45) is 1.30. The van der Waals surface area contributed by atoms with E-state index in [2.05, 4.69) is 0 Å². The van der Waals surface area contributed by atoms with E-state index in [1.807, 2.05) is 19.1 Å². The summed E-state index contributed by atoms with van der Waals surface area (Å²) in [6.45, 7) is 1.87. The molecule has 0 fully saturated rings. The third-order valence-electron chi connectivity index (χ3n) is 2.58. The third-order valence-corrected chi connectivity index (χ3v) is 4.05. The van der Waals surface area contributed by atoms with Gasteiger partial charge in [-0.2, -0.15) is 0 Å². The van der Waals surface area contributed by atoms with E-state index >= 15 is 0 Å². The molecule has 0 aliphatic carbocycles. The minimum atomic E-state index is -1.31. The molecule has 2 aromatic rings. The molecule has 2 rings (SSSR count). The molecule has 0 saturated carbocycles. The highest BCUT2D eigenvalue weighted by Gasteiger charge is 2.17. The fourth-order valence-electron chi connectivity index (χ4n) is 1.65. The van der Waals surface area contributed by atoms with Gasteiger partial charge in [0.15, 0.2) is 0 Å². The van der Waals surface area contributed by atoms with Crippen LogP contribution in [0.3, 0.4) is 0 Å². The monoisotopic (exact) mass is 264 g/mol. The molecule has 0 aliphatic heterocycles. The van der Waals surface area contributed by atoms with Crippen LogP contribution in [0.5, 0.6) is 0 Å². The van der Waals surface area contributed by atoms with Gasteiger partial charge in [0.1, 0.15) is 11.3 Å². The maximum absolute atomic E-state index is 12.2. The van der Waals surface area contributed by atoms with E-state index in [-0.39, 0.29) is 17.1 Å². The molecule has 94 valence electrons. The van der Waals surface area contributed by atoms with Gasteiger partial charge in [-0.25, -0.2) is 4.79 Å². The predicted molar refractivity (Wildman–Crippen MR) is 67.0 cm³/mol. The first kappa shape index (κ1) is 12.6. The van der Waals surface area contributed by atoms with E-state index in [0.29, 0.717) is 4.90 Å². The van der Waals surface area contributed by atoms with E-state index in [0.717, 1.165) is 5.56 Å². The van der Waals surface area contributed by atoms with Crippen LogP contribution in [0.4, 0.5) is 0 Å². The van der Waals surface area contributed by atoms with Crippen LogP contribution in [0, 0.1) is 6.92 Å². The van der Waals surface area contributed by atoms with Gasteiger partial charge in [0, 0.05) is 4.90 Å². The van der Waals surface area contributed by atoms with Gasteiger partial charge >= 0.3 is 5.97 Å². The normalized spacial score (nSPS) is 12.3. The Balaban J connectivity index is 2.25. The second-order valence-electron chi connectivity index (χ2n) is 3.82. The van der Waals surface area contributed by atoms with Crippen LogP contribution in [0.25, 0.3) is 0 Å². The Labute approximate surface area is 107 Å².